The fraction of sp³-hybridized carbons (Fsp3) is 0.357. The predicted molar refractivity (Wildman–Crippen MR) is 71.5 cm³/mol. The molecule has 0 spiro atoms. The van der Waals surface area contributed by atoms with Gasteiger partial charge in [-0.3, -0.25) is 0 Å². The smallest absolute Gasteiger partial charge is 0.340 e. The van der Waals surface area contributed by atoms with Crippen LogP contribution in [-0.2, 0) is 14.2 Å². The minimum atomic E-state index is -0.452. The van der Waals surface area contributed by atoms with Crippen LogP contribution < -0.4 is 5.73 Å². The molecule has 5 heteroatoms. The summed E-state index contributed by atoms with van der Waals surface area (Å²) < 4.78 is 15.8. The summed E-state index contributed by atoms with van der Waals surface area (Å²) in [5, 5.41) is 0. The Kier molecular flexibility index (Phi) is 4.19. The Labute approximate surface area is 111 Å². The molecule has 0 atom stereocenters. The fourth-order valence-electron chi connectivity index (χ4n) is 1.96. The van der Waals surface area contributed by atoms with Crippen molar-refractivity contribution in [3.05, 3.63) is 35.4 Å². The lowest BCUT2D eigenvalue weighted by Gasteiger charge is -2.15. The molecule has 1 fully saturated rings. The van der Waals surface area contributed by atoms with Crippen molar-refractivity contribution < 1.29 is 19.0 Å². The van der Waals surface area contributed by atoms with Gasteiger partial charge in [0, 0.05) is 11.3 Å². The molecule has 1 heterocycles. The van der Waals surface area contributed by atoms with Crippen LogP contribution in [0.1, 0.15) is 34.7 Å². The van der Waals surface area contributed by atoms with E-state index in [1.807, 2.05) is 0 Å². The van der Waals surface area contributed by atoms with E-state index >= 15 is 0 Å². The summed E-state index contributed by atoms with van der Waals surface area (Å²) in [5.74, 6) is -0.442. The highest BCUT2D eigenvalue weighted by Crippen LogP contribution is 2.31. The van der Waals surface area contributed by atoms with Crippen LogP contribution in [0.2, 0.25) is 0 Å². The molecule has 5 nitrogen and oxygen atoms in total. The number of benzene rings is 1. The van der Waals surface area contributed by atoms with Crippen LogP contribution in [0, 0.1) is 0 Å². The van der Waals surface area contributed by atoms with Crippen molar-refractivity contribution in [3.63, 3.8) is 0 Å². The van der Waals surface area contributed by atoms with Crippen molar-refractivity contribution >= 4 is 17.7 Å². The van der Waals surface area contributed by atoms with Gasteiger partial charge in [0.1, 0.15) is 0 Å². The molecule has 0 bridgehead atoms. The summed E-state index contributed by atoms with van der Waals surface area (Å²) in [6.45, 7) is 6.87. The number of carbonyl (C=O) groups excluding carboxylic acids is 1. The van der Waals surface area contributed by atoms with Crippen LogP contribution in [0.25, 0.3) is 6.08 Å². The summed E-state index contributed by atoms with van der Waals surface area (Å²) in [6, 6.07) is 3.33. The molecule has 1 saturated heterocycles. The van der Waals surface area contributed by atoms with Crippen molar-refractivity contribution in [2.75, 3.05) is 25.6 Å². The third-order valence-electron chi connectivity index (χ3n) is 2.85. The number of rotatable bonds is 4. The van der Waals surface area contributed by atoms with E-state index < -0.39 is 12.3 Å². The van der Waals surface area contributed by atoms with Crippen LogP contribution >= 0.6 is 0 Å². The van der Waals surface area contributed by atoms with Crippen molar-refractivity contribution in [1.82, 2.24) is 0 Å². The van der Waals surface area contributed by atoms with E-state index in [9.17, 15) is 4.79 Å². The van der Waals surface area contributed by atoms with Gasteiger partial charge in [0.2, 0.25) is 0 Å². The van der Waals surface area contributed by atoms with E-state index in [1.165, 1.54) is 0 Å². The summed E-state index contributed by atoms with van der Waals surface area (Å²) in [5.41, 5.74) is 8.10. The van der Waals surface area contributed by atoms with Crippen LogP contribution in [0.4, 0.5) is 5.69 Å². The van der Waals surface area contributed by atoms with Crippen molar-refractivity contribution in [3.8, 4) is 0 Å². The standard InChI is InChI=1S/C14H17NO4/c1-3-9-7-11(13(16)17-4-2)12(15)8-10(9)14-18-5-6-19-14/h3,7-8,14H,1,4-6,15H2,2H3. The molecule has 1 aromatic carbocycles. The maximum absolute atomic E-state index is 11.8. The largest absolute Gasteiger partial charge is 0.462 e. The van der Waals surface area contributed by atoms with Crippen molar-refractivity contribution in [2.45, 2.75) is 13.2 Å². The third kappa shape index (κ3) is 2.77. The van der Waals surface area contributed by atoms with Gasteiger partial charge >= 0.3 is 5.97 Å². The zero-order valence-electron chi connectivity index (χ0n) is 10.8. The van der Waals surface area contributed by atoms with Crippen LogP contribution in [0.15, 0.2) is 18.7 Å². The van der Waals surface area contributed by atoms with E-state index in [4.69, 9.17) is 19.9 Å². The topological polar surface area (TPSA) is 70.8 Å². The summed E-state index contributed by atoms with van der Waals surface area (Å²) in [6.07, 6.45) is 1.19. The van der Waals surface area contributed by atoms with Crippen molar-refractivity contribution in [2.24, 2.45) is 0 Å². The van der Waals surface area contributed by atoms with Crippen LogP contribution in [-0.4, -0.2) is 25.8 Å². The van der Waals surface area contributed by atoms with Gasteiger partial charge in [0.05, 0.1) is 25.4 Å². The molecule has 2 N–H and O–H groups in total. The first kappa shape index (κ1) is 13.6. The highest BCUT2D eigenvalue weighted by atomic mass is 16.7. The van der Waals surface area contributed by atoms with Gasteiger partial charge in [-0.15, -0.1) is 0 Å². The highest BCUT2D eigenvalue weighted by molar-refractivity contribution is 5.96. The quantitative estimate of drug-likeness (QED) is 0.665. The lowest BCUT2D eigenvalue weighted by molar-refractivity contribution is -0.0442. The molecule has 1 aliphatic heterocycles. The normalized spacial score (nSPS) is 15.4. The number of carbonyl (C=O) groups is 1. The number of nitrogen functional groups attached to an aromatic ring is 1. The van der Waals surface area contributed by atoms with Gasteiger partial charge in [-0.1, -0.05) is 12.7 Å². The summed E-state index contributed by atoms with van der Waals surface area (Å²) in [4.78, 5) is 11.8. The second kappa shape index (κ2) is 5.86. The zero-order chi connectivity index (χ0) is 13.8. The predicted octanol–water partition coefficient (Wildman–Crippen LogP) is 2.13. The molecule has 0 radical (unpaired) electrons. The van der Waals surface area contributed by atoms with E-state index in [2.05, 4.69) is 6.58 Å². The number of hydrogen-bond acceptors (Lipinski definition) is 5. The third-order valence-corrected chi connectivity index (χ3v) is 2.85. The molecule has 2 rings (SSSR count). The molecule has 102 valence electrons. The monoisotopic (exact) mass is 263 g/mol. The average molecular weight is 263 g/mol. The van der Waals surface area contributed by atoms with Gasteiger partial charge in [0.25, 0.3) is 0 Å². The molecule has 0 unspecified atom stereocenters. The number of hydrogen-bond donors (Lipinski definition) is 1. The minimum absolute atomic E-state index is 0.304. The molecule has 19 heavy (non-hydrogen) atoms. The van der Waals surface area contributed by atoms with Gasteiger partial charge in [-0.25, -0.2) is 4.79 Å². The second-order valence-electron chi connectivity index (χ2n) is 4.07. The van der Waals surface area contributed by atoms with Crippen LogP contribution in [0.3, 0.4) is 0 Å². The molecular formula is C14H17NO4. The van der Waals surface area contributed by atoms with E-state index in [0.717, 1.165) is 11.1 Å². The van der Waals surface area contributed by atoms with Gasteiger partial charge in [-0.05, 0) is 24.6 Å². The lowest BCUT2D eigenvalue weighted by Crippen LogP contribution is -2.11. The Morgan fingerprint density at radius 1 is 1.53 bits per heavy atom. The Hall–Kier alpha value is -1.85. The van der Waals surface area contributed by atoms with Crippen LogP contribution in [0.5, 0.6) is 0 Å². The number of nitrogens with two attached hydrogens (primary N) is 1. The molecule has 0 aromatic heterocycles. The molecular weight excluding hydrogens is 246 g/mol. The minimum Gasteiger partial charge on any atom is -0.462 e. The highest BCUT2D eigenvalue weighted by Gasteiger charge is 2.23. The SMILES string of the molecule is C=Cc1cc(C(=O)OCC)c(N)cc1C1OCCO1. The average Bonchev–Trinajstić information content (AvgIpc) is 2.92. The summed E-state index contributed by atoms with van der Waals surface area (Å²) >= 11 is 0. The first-order chi connectivity index (χ1) is 9.17. The molecule has 0 aliphatic carbocycles. The molecule has 1 aliphatic rings. The zero-order valence-corrected chi connectivity index (χ0v) is 10.8. The molecule has 0 saturated carbocycles. The van der Waals surface area contributed by atoms with E-state index in [1.54, 1.807) is 25.1 Å². The van der Waals surface area contributed by atoms with Crippen molar-refractivity contribution in [1.29, 1.82) is 0 Å². The van der Waals surface area contributed by atoms with Gasteiger partial charge in [-0.2, -0.15) is 0 Å². The number of ether oxygens (including phenoxy) is 3. The number of esters is 1. The Balaban J connectivity index is 2.39. The molecule has 0 amide bonds. The maximum Gasteiger partial charge on any atom is 0.340 e. The maximum atomic E-state index is 11.8. The molecule has 1 aromatic rings. The second-order valence-corrected chi connectivity index (χ2v) is 4.07. The number of anilines is 1. The Morgan fingerprint density at radius 2 is 2.21 bits per heavy atom. The van der Waals surface area contributed by atoms with Gasteiger partial charge < -0.3 is 19.9 Å². The summed E-state index contributed by atoms with van der Waals surface area (Å²) in [7, 11) is 0. The Bertz CT molecular complexity index is 492. The van der Waals surface area contributed by atoms with E-state index in [0.29, 0.717) is 31.1 Å². The first-order valence-electron chi connectivity index (χ1n) is 6.13. The Morgan fingerprint density at radius 3 is 2.79 bits per heavy atom. The first-order valence-corrected chi connectivity index (χ1v) is 6.13. The fourth-order valence-corrected chi connectivity index (χ4v) is 1.96. The van der Waals surface area contributed by atoms with E-state index in [-0.39, 0.29) is 0 Å². The van der Waals surface area contributed by atoms with Gasteiger partial charge in [0.15, 0.2) is 6.29 Å². The lowest BCUT2D eigenvalue weighted by atomic mass is 10.0.